The van der Waals surface area contributed by atoms with Gasteiger partial charge in [-0.05, 0) is 53.3 Å². The molecule has 0 saturated carbocycles. The Balaban J connectivity index is 1.70. The topological polar surface area (TPSA) is 88.2 Å². The van der Waals surface area contributed by atoms with Crippen LogP contribution in [0.2, 0.25) is 0 Å². The second-order valence-electron chi connectivity index (χ2n) is 9.06. The predicted molar refractivity (Wildman–Crippen MR) is 136 cm³/mol. The predicted octanol–water partition coefficient (Wildman–Crippen LogP) is 3.83. The summed E-state index contributed by atoms with van der Waals surface area (Å²) in [6, 6.07) is 17.7. The molecule has 0 fully saturated rings. The molecular formula is C28H27FN4O3. The normalized spacial score (nSPS) is 19.2. The Hall–Kier alpha value is -4.20. The van der Waals surface area contributed by atoms with Crippen LogP contribution in [0.3, 0.4) is 0 Å². The van der Waals surface area contributed by atoms with Gasteiger partial charge in [0.2, 0.25) is 5.91 Å². The van der Waals surface area contributed by atoms with Gasteiger partial charge in [0.1, 0.15) is 0 Å². The van der Waals surface area contributed by atoms with Crippen molar-refractivity contribution < 1.29 is 18.7 Å². The molecule has 2 aliphatic rings. The Morgan fingerprint density at radius 2 is 1.86 bits per heavy atom. The van der Waals surface area contributed by atoms with Gasteiger partial charge in [-0.3, -0.25) is 14.5 Å². The van der Waals surface area contributed by atoms with E-state index in [0.29, 0.717) is 28.8 Å². The number of carbonyl (C=O) groups excluding carboxylic acids is 2. The van der Waals surface area contributed by atoms with E-state index in [4.69, 9.17) is 10.5 Å². The number of hydrogen-bond donors (Lipinski definition) is 1. The van der Waals surface area contributed by atoms with E-state index in [1.165, 1.54) is 12.0 Å². The van der Waals surface area contributed by atoms with Crippen molar-refractivity contribution in [1.29, 1.82) is 0 Å². The maximum absolute atomic E-state index is 15.1. The number of nitrogens with zero attached hydrogens (tertiary/aromatic N) is 3. The first-order chi connectivity index (χ1) is 17.3. The molecule has 0 aliphatic carbocycles. The van der Waals surface area contributed by atoms with Crippen LogP contribution in [0.25, 0.3) is 11.1 Å². The minimum absolute atomic E-state index is 0.0228. The fourth-order valence-electron chi connectivity index (χ4n) is 5.14. The summed E-state index contributed by atoms with van der Waals surface area (Å²) in [6.07, 6.45) is 1.61. The Morgan fingerprint density at radius 1 is 1.11 bits per heavy atom. The molecule has 3 aromatic rings. The molecule has 1 atom stereocenters. The number of methoxy groups -OCH3 is 1. The molecule has 0 bridgehead atoms. The number of ether oxygens (including phenoxy) is 1. The van der Waals surface area contributed by atoms with Gasteiger partial charge in [0.25, 0.3) is 5.91 Å². The monoisotopic (exact) mass is 486 g/mol. The van der Waals surface area contributed by atoms with Crippen molar-refractivity contribution in [1.82, 2.24) is 4.90 Å². The standard InChI is InChI=1S/C28H27FN4O3/c1-17(34)33-14-6-8-19-16-21(12-13-23(19)33)28(26(35)32(2)27(30)31-28)20-9-4-7-18(15-20)22-10-5-11-24(36-3)25(22)29/h4-5,7,9-13,15-16H,6,8,14H2,1-3H3,(H2,30,31). The van der Waals surface area contributed by atoms with Crippen molar-refractivity contribution in [2.75, 3.05) is 25.6 Å². The summed E-state index contributed by atoms with van der Waals surface area (Å²) in [5.74, 6) is -0.577. The van der Waals surface area contributed by atoms with Crippen LogP contribution in [0.4, 0.5) is 10.1 Å². The molecule has 0 spiro atoms. The van der Waals surface area contributed by atoms with E-state index in [1.54, 1.807) is 61.3 Å². The fourth-order valence-corrected chi connectivity index (χ4v) is 5.14. The number of aryl methyl sites for hydroxylation is 1. The van der Waals surface area contributed by atoms with Gasteiger partial charge in [0, 0.05) is 31.8 Å². The van der Waals surface area contributed by atoms with E-state index in [2.05, 4.69) is 4.99 Å². The lowest BCUT2D eigenvalue weighted by Crippen LogP contribution is -2.41. The highest BCUT2D eigenvalue weighted by molar-refractivity contribution is 6.09. The Kier molecular flexibility index (Phi) is 5.74. The summed E-state index contributed by atoms with van der Waals surface area (Å²) in [7, 11) is 3.01. The molecule has 0 saturated heterocycles. The van der Waals surface area contributed by atoms with Crippen LogP contribution in [0, 0.1) is 5.82 Å². The first-order valence-electron chi connectivity index (χ1n) is 11.8. The SMILES string of the molecule is COc1cccc(-c2cccc(C3(c4ccc5c(c4)CCCN5C(C)=O)N=C(N)N(C)C3=O)c2)c1F. The number of likely N-dealkylation sites (N-methyl/N-ethyl adjacent to an activating group) is 1. The third-order valence-corrected chi connectivity index (χ3v) is 7.01. The quantitative estimate of drug-likeness (QED) is 0.607. The van der Waals surface area contributed by atoms with Gasteiger partial charge in [-0.2, -0.15) is 0 Å². The van der Waals surface area contributed by atoms with E-state index in [-0.39, 0.29) is 23.5 Å². The molecule has 1 unspecified atom stereocenters. The Bertz CT molecular complexity index is 1420. The minimum Gasteiger partial charge on any atom is -0.494 e. The van der Waals surface area contributed by atoms with Crippen molar-refractivity contribution in [2.24, 2.45) is 10.7 Å². The highest BCUT2D eigenvalue weighted by Gasteiger charge is 2.50. The second kappa shape index (κ2) is 8.78. The fraction of sp³-hybridized carbons (Fsp3) is 0.250. The molecule has 184 valence electrons. The molecule has 8 heteroatoms. The molecule has 7 nitrogen and oxygen atoms in total. The average molecular weight is 487 g/mol. The van der Waals surface area contributed by atoms with Gasteiger partial charge >= 0.3 is 0 Å². The number of aliphatic imine (C=N–C) groups is 1. The van der Waals surface area contributed by atoms with E-state index < -0.39 is 11.4 Å². The van der Waals surface area contributed by atoms with E-state index >= 15 is 4.39 Å². The first-order valence-corrected chi connectivity index (χ1v) is 11.8. The van der Waals surface area contributed by atoms with Crippen LogP contribution in [0.15, 0.2) is 65.7 Å². The van der Waals surface area contributed by atoms with Crippen LogP contribution in [0.1, 0.15) is 30.0 Å². The molecule has 2 N–H and O–H groups in total. The third kappa shape index (κ3) is 3.52. The molecule has 36 heavy (non-hydrogen) atoms. The lowest BCUT2D eigenvalue weighted by atomic mass is 9.80. The summed E-state index contributed by atoms with van der Waals surface area (Å²) in [5, 5.41) is 0. The summed E-state index contributed by atoms with van der Waals surface area (Å²) < 4.78 is 20.2. The van der Waals surface area contributed by atoms with Crippen LogP contribution in [-0.4, -0.2) is 43.4 Å². The largest absolute Gasteiger partial charge is 0.494 e. The molecule has 5 rings (SSSR count). The van der Waals surface area contributed by atoms with Crippen LogP contribution in [0.5, 0.6) is 5.75 Å². The molecule has 0 aromatic heterocycles. The van der Waals surface area contributed by atoms with Gasteiger partial charge in [0.15, 0.2) is 23.1 Å². The van der Waals surface area contributed by atoms with Crippen molar-refractivity contribution in [3.8, 4) is 16.9 Å². The highest BCUT2D eigenvalue weighted by Crippen LogP contribution is 2.43. The summed E-state index contributed by atoms with van der Waals surface area (Å²) in [5.41, 5.74) is 8.69. The highest BCUT2D eigenvalue weighted by atomic mass is 19.1. The van der Waals surface area contributed by atoms with E-state index in [0.717, 1.165) is 24.1 Å². The molecule has 2 aliphatic heterocycles. The first kappa shape index (κ1) is 23.5. The molecule has 3 aromatic carbocycles. The van der Waals surface area contributed by atoms with Gasteiger partial charge in [-0.1, -0.05) is 42.5 Å². The number of amides is 2. The zero-order valence-corrected chi connectivity index (χ0v) is 20.4. The molecular weight excluding hydrogens is 459 g/mol. The van der Waals surface area contributed by atoms with Crippen LogP contribution < -0.4 is 15.4 Å². The molecule has 0 radical (unpaired) electrons. The number of carbonyl (C=O) groups is 2. The van der Waals surface area contributed by atoms with Crippen LogP contribution in [-0.2, 0) is 21.5 Å². The molecule has 2 amide bonds. The minimum atomic E-state index is -1.43. The van der Waals surface area contributed by atoms with Gasteiger partial charge in [-0.25, -0.2) is 9.38 Å². The number of anilines is 1. The van der Waals surface area contributed by atoms with Crippen molar-refractivity contribution in [2.45, 2.75) is 25.3 Å². The van der Waals surface area contributed by atoms with Crippen molar-refractivity contribution >= 4 is 23.5 Å². The van der Waals surface area contributed by atoms with Crippen LogP contribution >= 0.6 is 0 Å². The summed E-state index contributed by atoms with van der Waals surface area (Å²) >= 11 is 0. The van der Waals surface area contributed by atoms with E-state index in [9.17, 15) is 9.59 Å². The zero-order valence-electron chi connectivity index (χ0n) is 20.4. The third-order valence-electron chi connectivity index (χ3n) is 7.01. The smallest absolute Gasteiger partial charge is 0.266 e. The lowest BCUT2D eigenvalue weighted by molar-refractivity contribution is -0.129. The molecule has 2 heterocycles. The van der Waals surface area contributed by atoms with E-state index in [1.807, 2.05) is 18.2 Å². The van der Waals surface area contributed by atoms with Gasteiger partial charge in [0.05, 0.1) is 7.11 Å². The number of rotatable bonds is 4. The number of nitrogens with two attached hydrogens (primary N) is 1. The second-order valence-corrected chi connectivity index (χ2v) is 9.06. The summed E-state index contributed by atoms with van der Waals surface area (Å²) in [6.45, 7) is 2.21. The maximum Gasteiger partial charge on any atom is 0.266 e. The van der Waals surface area contributed by atoms with Crippen molar-refractivity contribution in [3.63, 3.8) is 0 Å². The maximum atomic E-state index is 15.1. The van der Waals surface area contributed by atoms with Gasteiger partial charge in [-0.15, -0.1) is 0 Å². The van der Waals surface area contributed by atoms with Crippen molar-refractivity contribution in [3.05, 3.63) is 83.2 Å². The number of benzene rings is 3. The number of guanidine groups is 1. The Morgan fingerprint density at radius 3 is 2.56 bits per heavy atom. The van der Waals surface area contributed by atoms with Gasteiger partial charge < -0.3 is 15.4 Å². The Labute approximate surface area is 209 Å². The number of halogens is 1. The lowest BCUT2D eigenvalue weighted by Gasteiger charge is -2.32. The summed E-state index contributed by atoms with van der Waals surface area (Å²) in [4.78, 5) is 33.7. The number of hydrogen-bond acceptors (Lipinski definition) is 5. The number of fused-ring (bicyclic) bond motifs is 1. The average Bonchev–Trinajstić information content (AvgIpc) is 3.12. The zero-order chi connectivity index (χ0) is 25.6.